The largest absolute Gasteiger partial charge is 0.480 e. The molecular formula is C11H11F2NO3. The lowest BCUT2D eigenvalue weighted by Gasteiger charge is -2.12. The van der Waals surface area contributed by atoms with Gasteiger partial charge in [0.15, 0.2) is 11.6 Å². The van der Waals surface area contributed by atoms with Crippen molar-refractivity contribution >= 4 is 11.9 Å². The maximum absolute atomic E-state index is 12.8. The van der Waals surface area contributed by atoms with Crippen LogP contribution in [0.4, 0.5) is 8.78 Å². The number of hydrogen-bond donors (Lipinski definition) is 2. The molecule has 0 radical (unpaired) electrons. The Hall–Kier alpha value is -1.98. The number of hydrogen-bond acceptors (Lipinski definition) is 2. The molecule has 0 spiro atoms. The van der Waals surface area contributed by atoms with Gasteiger partial charge in [0.2, 0.25) is 0 Å². The fourth-order valence-electron chi connectivity index (χ4n) is 1.22. The molecule has 0 saturated carbocycles. The van der Waals surface area contributed by atoms with E-state index < -0.39 is 29.6 Å². The zero-order valence-electron chi connectivity index (χ0n) is 9.04. The molecule has 0 aliphatic heterocycles. The van der Waals surface area contributed by atoms with Crippen molar-refractivity contribution < 1.29 is 23.5 Å². The van der Waals surface area contributed by atoms with Gasteiger partial charge in [-0.15, -0.1) is 0 Å². The number of benzene rings is 1. The first kappa shape index (κ1) is 13.1. The summed E-state index contributed by atoms with van der Waals surface area (Å²) < 4.78 is 25.5. The van der Waals surface area contributed by atoms with Crippen LogP contribution < -0.4 is 5.32 Å². The Labute approximate surface area is 96.3 Å². The topological polar surface area (TPSA) is 66.4 Å². The van der Waals surface area contributed by atoms with E-state index in [2.05, 4.69) is 5.32 Å². The lowest BCUT2D eigenvalue weighted by Crippen LogP contribution is -2.40. The van der Waals surface area contributed by atoms with Gasteiger partial charge < -0.3 is 10.4 Å². The first-order chi connectivity index (χ1) is 7.95. The lowest BCUT2D eigenvalue weighted by atomic mass is 10.1. The van der Waals surface area contributed by atoms with Crippen molar-refractivity contribution in [2.24, 2.45) is 0 Å². The van der Waals surface area contributed by atoms with Crippen LogP contribution in [-0.4, -0.2) is 23.0 Å². The number of halogens is 2. The van der Waals surface area contributed by atoms with Crippen molar-refractivity contribution in [2.45, 2.75) is 19.4 Å². The van der Waals surface area contributed by atoms with Gasteiger partial charge in [0.05, 0.1) is 0 Å². The van der Waals surface area contributed by atoms with E-state index in [1.54, 1.807) is 6.92 Å². The molecule has 0 saturated heterocycles. The Morgan fingerprint density at radius 1 is 1.35 bits per heavy atom. The van der Waals surface area contributed by atoms with Gasteiger partial charge in [-0.3, -0.25) is 4.79 Å². The minimum atomic E-state index is -1.18. The number of carbonyl (C=O) groups excluding carboxylic acids is 1. The smallest absolute Gasteiger partial charge is 0.326 e. The van der Waals surface area contributed by atoms with Crippen molar-refractivity contribution in [2.75, 3.05) is 0 Å². The molecule has 0 aliphatic rings. The van der Waals surface area contributed by atoms with E-state index in [1.807, 2.05) is 0 Å². The van der Waals surface area contributed by atoms with E-state index in [9.17, 15) is 18.4 Å². The summed E-state index contributed by atoms with van der Waals surface area (Å²) in [5.41, 5.74) is -0.122. The van der Waals surface area contributed by atoms with Crippen molar-refractivity contribution in [1.82, 2.24) is 5.32 Å². The highest BCUT2D eigenvalue weighted by Crippen LogP contribution is 2.09. The predicted molar refractivity (Wildman–Crippen MR) is 55.5 cm³/mol. The Morgan fingerprint density at radius 2 is 2.00 bits per heavy atom. The Kier molecular flexibility index (Phi) is 4.14. The van der Waals surface area contributed by atoms with Crippen LogP contribution in [0.2, 0.25) is 0 Å². The minimum absolute atomic E-state index is 0.122. The molecule has 0 bridgehead atoms. The number of carboxylic acid groups (broad SMARTS) is 1. The van der Waals surface area contributed by atoms with Crippen LogP contribution in [-0.2, 0) is 4.79 Å². The van der Waals surface area contributed by atoms with E-state index in [-0.39, 0.29) is 12.0 Å². The average Bonchev–Trinajstić information content (AvgIpc) is 2.28. The maximum Gasteiger partial charge on any atom is 0.326 e. The summed E-state index contributed by atoms with van der Waals surface area (Å²) in [6.07, 6.45) is 0.199. The number of amides is 1. The second-order valence-electron chi connectivity index (χ2n) is 3.40. The fourth-order valence-corrected chi connectivity index (χ4v) is 1.22. The van der Waals surface area contributed by atoms with Crippen LogP contribution in [0, 0.1) is 11.6 Å². The molecule has 4 nitrogen and oxygen atoms in total. The highest BCUT2D eigenvalue weighted by atomic mass is 19.2. The van der Waals surface area contributed by atoms with Crippen LogP contribution in [0.3, 0.4) is 0 Å². The Morgan fingerprint density at radius 3 is 2.47 bits per heavy atom. The molecule has 1 aromatic rings. The first-order valence-electron chi connectivity index (χ1n) is 4.94. The third-order valence-electron chi connectivity index (χ3n) is 2.19. The molecule has 1 rings (SSSR count). The average molecular weight is 243 g/mol. The molecule has 0 heterocycles. The van der Waals surface area contributed by atoms with E-state index in [0.717, 1.165) is 18.2 Å². The van der Waals surface area contributed by atoms with Gasteiger partial charge in [-0.05, 0) is 24.6 Å². The van der Waals surface area contributed by atoms with Crippen LogP contribution in [0.5, 0.6) is 0 Å². The van der Waals surface area contributed by atoms with Gasteiger partial charge in [-0.25, -0.2) is 13.6 Å². The van der Waals surface area contributed by atoms with Crippen molar-refractivity contribution in [3.05, 3.63) is 35.4 Å². The van der Waals surface area contributed by atoms with Crippen LogP contribution >= 0.6 is 0 Å². The van der Waals surface area contributed by atoms with Gasteiger partial charge in [0.25, 0.3) is 5.91 Å². The Balaban J connectivity index is 2.82. The number of nitrogens with one attached hydrogen (secondary N) is 1. The van der Waals surface area contributed by atoms with Crippen molar-refractivity contribution in [1.29, 1.82) is 0 Å². The Bertz CT molecular complexity index is 448. The van der Waals surface area contributed by atoms with E-state index >= 15 is 0 Å². The molecule has 0 fully saturated rings. The van der Waals surface area contributed by atoms with Gasteiger partial charge in [-0.1, -0.05) is 6.92 Å². The number of carbonyl (C=O) groups is 2. The summed E-state index contributed by atoms with van der Waals surface area (Å²) in [7, 11) is 0. The molecule has 1 aromatic carbocycles. The maximum atomic E-state index is 12.8. The SMILES string of the molecule is CC[C@H](NC(=O)c1ccc(F)c(F)c1)C(=O)O. The molecule has 2 N–H and O–H groups in total. The third kappa shape index (κ3) is 3.24. The summed E-state index contributed by atoms with van der Waals surface area (Å²) in [6, 6.07) is 1.57. The highest BCUT2D eigenvalue weighted by Gasteiger charge is 2.19. The monoisotopic (exact) mass is 243 g/mol. The molecule has 1 amide bonds. The molecule has 0 unspecified atom stereocenters. The summed E-state index contributed by atoms with van der Waals surface area (Å²) >= 11 is 0. The predicted octanol–water partition coefficient (Wildman–Crippen LogP) is 1.56. The molecule has 17 heavy (non-hydrogen) atoms. The summed E-state index contributed by atoms with van der Waals surface area (Å²) in [4.78, 5) is 22.2. The summed E-state index contributed by atoms with van der Waals surface area (Å²) in [5, 5.41) is 10.9. The van der Waals surface area contributed by atoms with E-state index in [0.29, 0.717) is 0 Å². The molecule has 0 aromatic heterocycles. The zero-order chi connectivity index (χ0) is 13.0. The van der Waals surface area contributed by atoms with Gasteiger partial charge in [0.1, 0.15) is 6.04 Å². The molecular weight excluding hydrogens is 232 g/mol. The first-order valence-corrected chi connectivity index (χ1v) is 4.94. The highest BCUT2D eigenvalue weighted by molar-refractivity contribution is 5.96. The second kappa shape index (κ2) is 5.38. The van der Waals surface area contributed by atoms with E-state index in [4.69, 9.17) is 5.11 Å². The summed E-state index contributed by atoms with van der Waals surface area (Å²) in [6.45, 7) is 1.59. The third-order valence-corrected chi connectivity index (χ3v) is 2.19. The standard InChI is InChI=1S/C11H11F2NO3/c1-2-9(11(16)17)14-10(15)6-3-4-7(12)8(13)5-6/h3-5,9H,2H2,1H3,(H,14,15)(H,16,17)/t9-/m0/s1. The molecule has 0 aliphatic carbocycles. The van der Waals surface area contributed by atoms with Gasteiger partial charge in [-0.2, -0.15) is 0 Å². The van der Waals surface area contributed by atoms with Gasteiger partial charge >= 0.3 is 5.97 Å². The quantitative estimate of drug-likeness (QED) is 0.843. The minimum Gasteiger partial charge on any atom is -0.480 e. The normalized spacial score (nSPS) is 11.9. The molecule has 6 heteroatoms. The molecule has 92 valence electrons. The van der Waals surface area contributed by atoms with Crippen molar-refractivity contribution in [3.8, 4) is 0 Å². The fraction of sp³-hybridized carbons (Fsp3) is 0.273. The van der Waals surface area contributed by atoms with Crippen LogP contribution in [0.1, 0.15) is 23.7 Å². The number of carboxylic acids is 1. The van der Waals surface area contributed by atoms with E-state index in [1.165, 1.54) is 0 Å². The summed E-state index contributed by atoms with van der Waals surface area (Å²) in [5.74, 6) is -4.14. The van der Waals surface area contributed by atoms with Crippen LogP contribution in [0.25, 0.3) is 0 Å². The van der Waals surface area contributed by atoms with Gasteiger partial charge in [0, 0.05) is 5.56 Å². The van der Waals surface area contributed by atoms with Crippen LogP contribution in [0.15, 0.2) is 18.2 Å². The molecule has 1 atom stereocenters. The zero-order valence-corrected chi connectivity index (χ0v) is 9.04. The lowest BCUT2D eigenvalue weighted by molar-refractivity contribution is -0.139. The second-order valence-corrected chi connectivity index (χ2v) is 3.40. The number of aliphatic carboxylic acids is 1. The van der Waals surface area contributed by atoms with Crippen molar-refractivity contribution in [3.63, 3.8) is 0 Å². The number of rotatable bonds is 4.